The van der Waals surface area contributed by atoms with Gasteiger partial charge in [0.15, 0.2) is 11.5 Å². The quantitative estimate of drug-likeness (QED) is 0.540. The van der Waals surface area contributed by atoms with Gasteiger partial charge in [-0.05, 0) is 44.2 Å². The molecule has 1 aromatic carbocycles. The second kappa shape index (κ2) is 6.21. The summed E-state index contributed by atoms with van der Waals surface area (Å²) in [7, 11) is 0. The van der Waals surface area contributed by atoms with Crippen molar-refractivity contribution in [2.24, 2.45) is 0 Å². The zero-order valence-electron chi connectivity index (χ0n) is 14.1. The summed E-state index contributed by atoms with van der Waals surface area (Å²) in [6.45, 7) is 3.84. The van der Waals surface area contributed by atoms with Crippen LogP contribution in [-0.2, 0) is 0 Å². The monoisotopic (exact) mass is 360 g/mol. The minimum atomic E-state index is 0.397. The maximum absolute atomic E-state index is 9.06. The summed E-state index contributed by atoms with van der Waals surface area (Å²) in [4.78, 5) is 13.4. The Morgan fingerprint density at radius 1 is 1.15 bits per heavy atom. The van der Waals surface area contributed by atoms with Crippen molar-refractivity contribution < 1.29 is 0 Å². The lowest BCUT2D eigenvalue weighted by molar-refractivity contribution is 0.884. The molecule has 0 unspecified atom stereocenters. The number of fused-ring (bicyclic) bond motifs is 2. The first kappa shape index (κ1) is 16.2. The fraction of sp³-hybridized carbons (Fsp3) is 0.105. The summed E-state index contributed by atoms with van der Waals surface area (Å²) in [5, 5.41) is 14.8. The third-order valence-electron chi connectivity index (χ3n) is 4.05. The maximum Gasteiger partial charge on any atom is 0.177 e. The van der Waals surface area contributed by atoms with Gasteiger partial charge < -0.3 is 0 Å². The molecule has 0 N–H and O–H groups in total. The molecule has 0 saturated carbocycles. The van der Waals surface area contributed by atoms with Gasteiger partial charge in [-0.3, -0.25) is 4.98 Å². The predicted octanol–water partition coefficient (Wildman–Crippen LogP) is 3.98. The highest BCUT2D eigenvalue weighted by Gasteiger charge is 2.07. The number of hydrogen-bond acceptors (Lipinski definition) is 5. The standard InChI is InChI=1S/C19H13ClN6/c1-11-10-22-12(2)19-24-18(25-26(11)19)6-5-15-4-3-13-7-14(9-21)16(20)8-17(13)23-15/h3-8,10H,1-2H3/b6-5+. The highest BCUT2D eigenvalue weighted by Crippen LogP contribution is 2.23. The lowest BCUT2D eigenvalue weighted by atomic mass is 10.1. The van der Waals surface area contributed by atoms with Gasteiger partial charge in [0.2, 0.25) is 0 Å². The highest BCUT2D eigenvalue weighted by atomic mass is 35.5. The van der Waals surface area contributed by atoms with Crippen LogP contribution >= 0.6 is 11.6 Å². The Morgan fingerprint density at radius 2 is 2.00 bits per heavy atom. The van der Waals surface area contributed by atoms with Crippen LogP contribution in [0.25, 0.3) is 28.7 Å². The molecule has 26 heavy (non-hydrogen) atoms. The summed E-state index contributed by atoms with van der Waals surface area (Å²) in [5.74, 6) is 0.587. The number of nitrogens with zero attached hydrogens (tertiary/aromatic N) is 6. The van der Waals surface area contributed by atoms with Crippen molar-refractivity contribution in [2.45, 2.75) is 13.8 Å². The Balaban J connectivity index is 1.72. The zero-order valence-corrected chi connectivity index (χ0v) is 14.9. The molecule has 0 aliphatic rings. The number of aryl methyl sites for hydroxylation is 2. The van der Waals surface area contributed by atoms with E-state index in [1.807, 2.05) is 38.1 Å². The maximum atomic E-state index is 9.06. The van der Waals surface area contributed by atoms with Gasteiger partial charge in [-0.15, -0.1) is 5.10 Å². The Hall–Kier alpha value is -3.30. The Kier molecular flexibility index (Phi) is 3.86. The first-order valence-electron chi connectivity index (χ1n) is 7.92. The molecule has 3 heterocycles. The molecule has 0 atom stereocenters. The van der Waals surface area contributed by atoms with Crippen LogP contribution in [0.2, 0.25) is 5.02 Å². The van der Waals surface area contributed by atoms with E-state index < -0.39 is 0 Å². The van der Waals surface area contributed by atoms with Gasteiger partial charge >= 0.3 is 0 Å². The van der Waals surface area contributed by atoms with Gasteiger partial charge in [0.05, 0.1) is 33.2 Å². The van der Waals surface area contributed by atoms with Gasteiger partial charge in [-0.1, -0.05) is 17.7 Å². The summed E-state index contributed by atoms with van der Waals surface area (Å²) in [5.41, 5.74) is 4.42. The number of benzene rings is 1. The first-order valence-corrected chi connectivity index (χ1v) is 8.30. The molecule has 0 radical (unpaired) electrons. The van der Waals surface area contributed by atoms with E-state index in [4.69, 9.17) is 16.9 Å². The molecule has 3 aromatic heterocycles. The average Bonchev–Trinajstić information content (AvgIpc) is 3.08. The van der Waals surface area contributed by atoms with Crippen molar-refractivity contribution in [1.82, 2.24) is 24.6 Å². The third kappa shape index (κ3) is 2.79. The third-order valence-corrected chi connectivity index (χ3v) is 4.36. The van der Waals surface area contributed by atoms with Gasteiger partial charge in [-0.25, -0.2) is 14.5 Å². The average molecular weight is 361 g/mol. The Morgan fingerprint density at radius 3 is 2.77 bits per heavy atom. The van der Waals surface area contributed by atoms with Crippen molar-refractivity contribution in [3.8, 4) is 6.07 Å². The van der Waals surface area contributed by atoms with E-state index in [2.05, 4.69) is 26.1 Å². The van der Waals surface area contributed by atoms with E-state index in [1.165, 1.54) is 0 Å². The molecule has 0 amide bonds. The fourth-order valence-corrected chi connectivity index (χ4v) is 2.88. The van der Waals surface area contributed by atoms with E-state index in [9.17, 15) is 0 Å². The number of nitriles is 1. The van der Waals surface area contributed by atoms with E-state index in [-0.39, 0.29) is 0 Å². The molecule has 4 aromatic rings. The van der Waals surface area contributed by atoms with Gasteiger partial charge in [0, 0.05) is 11.6 Å². The smallest absolute Gasteiger partial charge is 0.177 e. The SMILES string of the molecule is Cc1ncc(C)n2nc(/C=C/c3ccc4cc(C#N)c(Cl)cc4n3)nc12. The fourth-order valence-electron chi connectivity index (χ4n) is 2.68. The van der Waals surface area contributed by atoms with Gasteiger partial charge in [0.1, 0.15) is 6.07 Å². The van der Waals surface area contributed by atoms with Crippen molar-refractivity contribution in [1.29, 1.82) is 5.26 Å². The molecule has 126 valence electrons. The Labute approximate surface area is 154 Å². The number of aromatic nitrogens is 5. The lowest BCUT2D eigenvalue weighted by Gasteiger charge is -2.01. The normalized spacial score (nSPS) is 11.5. The molecule has 0 spiro atoms. The molecule has 0 aliphatic heterocycles. The second-order valence-electron chi connectivity index (χ2n) is 5.90. The van der Waals surface area contributed by atoms with Crippen LogP contribution in [0.3, 0.4) is 0 Å². The summed E-state index contributed by atoms with van der Waals surface area (Å²) >= 11 is 6.09. The number of halogens is 1. The Bertz CT molecular complexity index is 1190. The largest absolute Gasteiger partial charge is 0.256 e. The van der Waals surface area contributed by atoms with E-state index >= 15 is 0 Å². The first-order chi connectivity index (χ1) is 12.5. The summed E-state index contributed by atoms with van der Waals surface area (Å²) in [6.07, 6.45) is 5.43. The topological polar surface area (TPSA) is 79.8 Å². The molecule has 0 aliphatic carbocycles. The van der Waals surface area contributed by atoms with Crippen LogP contribution in [0.4, 0.5) is 0 Å². The van der Waals surface area contributed by atoms with Crippen LogP contribution in [-0.4, -0.2) is 24.6 Å². The molecule has 0 fully saturated rings. The van der Waals surface area contributed by atoms with E-state index in [1.54, 1.807) is 22.8 Å². The van der Waals surface area contributed by atoms with Crippen molar-refractivity contribution in [3.63, 3.8) is 0 Å². The van der Waals surface area contributed by atoms with Crippen molar-refractivity contribution in [2.75, 3.05) is 0 Å². The predicted molar refractivity (Wildman–Crippen MR) is 101 cm³/mol. The van der Waals surface area contributed by atoms with Crippen LogP contribution in [0.1, 0.15) is 28.5 Å². The number of hydrogen-bond donors (Lipinski definition) is 0. The molecule has 0 saturated heterocycles. The second-order valence-corrected chi connectivity index (χ2v) is 6.30. The van der Waals surface area contributed by atoms with Gasteiger partial charge in [-0.2, -0.15) is 5.26 Å². The lowest BCUT2D eigenvalue weighted by Crippen LogP contribution is -1.97. The summed E-state index contributed by atoms with van der Waals surface area (Å²) < 4.78 is 1.78. The van der Waals surface area contributed by atoms with Crippen molar-refractivity contribution in [3.05, 3.63) is 64.0 Å². The highest BCUT2D eigenvalue weighted by molar-refractivity contribution is 6.32. The molecule has 0 bridgehead atoms. The molecular weight excluding hydrogens is 348 g/mol. The van der Waals surface area contributed by atoms with E-state index in [0.29, 0.717) is 16.4 Å². The zero-order chi connectivity index (χ0) is 18.3. The minimum Gasteiger partial charge on any atom is -0.256 e. The number of pyridine rings is 1. The molecule has 6 nitrogen and oxygen atoms in total. The van der Waals surface area contributed by atoms with Crippen LogP contribution in [0, 0.1) is 25.2 Å². The van der Waals surface area contributed by atoms with Crippen LogP contribution < -0.4 is 0 Å². The van der Waals surface area contributed by atoms with E-state index in [0.717, 1.165) is 33.6 Å². The minimum absolute atomic E-state index is 0.397. The molecule has 4 rings (SSSR count). The summed E-state index contributed by atoms with van der Waals surface area (Å²) in [6, 6.07) is 9.30. The van der Waals surface area contributed by atoms with Crippen molar-refractivity contribution >= 4 is 40.3 Å². The van der Waals surface area contributed by atoms with Crippen LogP contribution in [0.5, 0.6) is 0 Å². The number of rotatable bonds is 2. The van der Waals surface area contributed by atoms with Gasteiger partial charge in [0.25, 0.3) is 0 Å². The molecule has 7 heteroatoms. The van der Waals surface area contributed by atoms with Crippen LogP contribution in [0.15, 0.2) is 30.5 Å². The molecular formula is C19H13ClN6.